The van der Waals surface area contributed by atoms with Gasteiger partial charge in [0, 0.05) is 23.9 Å². The molecule has 2 aromatic rings. The zero-order chi connectivity index (χ0) is 20.7. The Morgan fingerprint density at radius 2 is 1.61 bits per heavy atom. The van der Waals surface area contributed by atoms with Gasteiger partial charge in [-0.05, 0) is 43.7 Å². The Morgan fingerprint density at radius 3 is 2.21 bits per heavy atom. The molecular formula is C21H22N2O5. The molecule has 28 heavy (non-hydrogen) atoms. The van der Waals surface area contributed by atoms with Gasteiger partial charge in [-0.25, -0.2) is 0 Å². The van der Waals surface area contributed by atoms with E-state index in [1.54, 1.807) is 48.5 Å². The number of amides is 2. The van der Waals surface area contributed by atoms with Crippen LogP contribution in [-0.2, 0) is 25.5 Å². The maximum atomic E-state index is 12.2. The number of benzene rings is 2. The lowest BCUT2D eigenvalue weighted by molar-refractivity contribution is -0.152. The lowest BCUT2D eigenvalue weighted by atomic mass is 10.1. The number of anilines is 2. The Hall–Kier alpha value is -3.48. The summed E-state index contributed by atoms with van der Waals surface area (Å²) >= 11 is 0. The predicted molar refractivity (Wildman–Crippen MR) is 105 cm³/mol. The van der Waals surface area contributed by atoms with E-state index in [-0.39, 0.29) is 18.1 Å². The summed E-state index contributed by atoms with van der Waals surface area (Å²) < 4.78 is 5.17. The summed E-state index contributed by atoms with van der Waals surface area (Å²) in [5.41, 5.74) is 2.25. The van der Waals surface area contributed by atoms with Gasteiger partial charge in [-0.3, -0.25) is 19.2 Å². The Bertz CT molecular complexity index is 890. The Kier molecular flexibility index (Phi) is 7.03. The first-order valence-electron chi connectivity index (χ1n) is 8.72. The number of carbonyl (C=O) groups excluding carboxylic acids is 4. The Morgan fingerprint density at radius 1 is 0.929 bits per heavy atom. The number of rotatable bonds is 7. The molecule has 2 N–H and O–H groups in total. The summed E-state index contributed by atoms with van der Waals surface area (Å²) in [5, 5.41) is 5.26. The van der Waals surface area contributed by atoms with E-state index in [1.807, 2.05) is 0 Å². The molecule has 2 rings (SSSR count). The first-order chi connectivity index (χ1) is 13.2. The minimum absolute atomic E-state index is 0.00219. The molecule has 0 saturated heterocycles. The fourth-order valence-corrected chi connectivity index (χ4v) is 2.43. The maximum absolute atomic E-state index is 12.2. The number of nitrogens with one attached hydrogen (secondary N) is 2. The summed E-state index contributed by atoms with van der Waals surface area (Å²) in [6, 6.07) is 13.3. The normalized spacial score (nSPS) is 11.2. The van der Waals surface area contributed by atoms with Gasteiger partial charge in [-0.15, -0.1) is 0 Å². The highest BCUT2D eigenvalue weighted by atomic mass is 16.5. The molecule has 7 heteroatoms. The average Bonchev–Trinajstić information content (AvgIpc) is 2.63. The molecular weight excluding hydrogens is 360 g/mol. The minimum Gasteiger partial charge on any atom is -0.452 e. The van der Waals surface area contributed by atoms with E-state index >= 15 is 0 Å². The third kappa shape index (κ3) is 6.35. The molecule has 2 amide bonds. The van der Waals surface area contributed by atoms with E-state index < -0.39 is 18.0 Å². The van der Waals surface area contributed by atoms with Crippen LogP contribution in [0.25, 0.3) is 0 Å². The maximum Gasteiger partial charge on any atom is 0.311 e. The number of ether oxygens (including phenoxy) is 1. The third-order valence-corrected chi connectivity index (χ3v) is 3.84. The van der Waals surface area contributed by atoms with Gasteiger partial charge in [0.05, 0.1) is 6.42 Å². The van der Waals surface area contributed by atoms with Crippen molar-refractivity contribution in [2.75, 3.05) is 10.6 Å². The van der Waals surface area contributed by atoms with E-state index in [4.69, 9.17) is 4.74 Å². The highest BCUT2D eigenvalue weighted by molar-refractivity contribution is 5.98. The fourth-order valence-electron chi connectivity index (χ4n) is 2.43. The summed E-state index contributed by atoms with van der Waals surface area (Å²) in [4.78, 5) is 46.7. The summed E-state index contributed by atoms with van der Waals surface area (Å²) in [5.74, 6) is -1.33. The molecule has 0 aliphatic heterocycles. The second-order valence-corrected chi connectivity index (χ2v) is 6.31. The third-order valence-electron chi connectivity index (χ3n) is 3.84. The first-order valence-corrected chi connectivity index (χ1v) is 8.72. The standard InChI is InChI=1S/C21H22N2O5/c1-13(24)17-5-4-6-19(12-17)23-21(27)14(2)28-20(26)11-16-7-9-18(10-8-16)22-15(3)25/h4-10,12,14H,11H2,1-3H3,(H,22,25)(H,23,27)/t14-/m0/s1. The number of ketones is 1. The van der Waals surface area contributed by atoms with Crippen LogP contribution in [0.4, 0.5) is 11.4 Å². The van der Waals surface area contributed by atoms with Gasteiger partial charge in [0.25, 0.3) is 5.91 Å². The minimum atomic E-state index is -0.993. The van der Waals surface area contributed by atoms with Gasteiger partial charge in [0.2, 0.25) is 5.91 Å². The summed E-state index contributed by atoms with van der Waals surface area (Å²) in [7, 11) is 0. The fraction of sp³-hybridized carbons (Fsp3) is 0.238. The van der Waals surface area contributed by atoms with Crippen molar-refractivity contribution >= 4 is 34.9 Å². The number of hydrogen-bond acceptors (Lipinski definition) is 5. The molecule has 0 aliphatic carbocycles. The number of Topliss-reactive ketones (excluding diaryl/α,β-unsaturated/α-hetero) is 1. The van der Waals surface area contributed by atoms with Crippen molar-refractivity contribution in [2.45, 2.75) is 33.3 Å². The monoisotopic (exact) mass is 382 g/mol. The number of esters is 1. The van der Waals surface area contributed by atoms with Gasteiger partial charge >= 0.3 is 5.97 Å². The van der Waals surface area contributed by atoms with Gasteiger partial charge in [-0.1, -0.05) is 24.3 Å². The van der Waals surface area contributed by atoms with Crippen LogP contribution < -0.4 is 10.6 Å². The molecule has 0 fully saturated rings. The van der Waals surface area contributed by atoms with Crippen molar-refractivity contribution in [3.8, 4) is 0 Å². The molecule has 0 heterocycles. The van der Waals surface area contributed by atoms with E-state index in [1.165, 1.54) is 20.8 Å². The van der Waals surface area contributed by atoms with Crippen molar-refractivity contribution in [1.82, 2.24) is 0 Å². The van der Waals surface area contributed by atoms with Gasteiger partial charge in [-0.2, -0.15) is 0 Å². The van der Waals surface area contributed by atoms with E-state index in [2.05, 4.69) is 10.6 Å². The zero-order valence-corrected chi connectivity index (χ0v) is 15.9. The van der Waals surface area contributed by atoms with Gasteiger partial charge in [0.15, 0.2) is 11.9 Å². The first kappa shape index (κ1) is 20.8. The molecule has 146 valence electrons. The molecule has 0 bridgehead atoms. The largest absolute Gasteiger partial charge is 0.452 e. The highest BCUT2D eigenvalue weighted by Crippen LogP contribution is 2.13. The van der Waals surface area contributed by atoms with Crippen molar-refractivity contribution in [2.24, 2.45) is 0 Å². The van der Waals surface area contributed by atoms with Gasteiger partial charge in [0.1, 0.15) is 0 Å². The van der Waals surface area contributed by atoms with Crippen LogP contribution in [0.15, 0.2) is 48.5 Å². The van der Waals surface area contributed by atoms with E-state index in [0.29, 0.717) is 22.5 Å². The lowest BCUT2D eigenvalue weighted by Gasteiger charge is -2.14. The number of carbonyl (C=O) groups is 4. The van der Waals surface area contributed by atoms with Crippen LogP contribution in [-0.4, -0.2) is 29.7 Å². The predicted octanol–water partition coefficient (Wildman–Crippen LogP) is 2.96. The van der Waals surface area contributed by atoms with Crippen molar-refractivity contribution in [3.05, 3.63) is 59.7 Å². The SMILES string of the molecule is CC(=O)Nc1ccc(CC(=O)O[C@@H](C)C(=O)Nc2cccc(C(C)=O)c2)cc1. The molecule has 2 aromatic carbocycles. The molecule has 0 saturated carbocycles. The van der Waals surface area contributed by atoms with Crippen molar-refractivity contribution in [3.63, 3.8) is 0 Å². The lowest BCUT2D eigenvalue weighted by Crippen LogP contribution is -2.30. The van der Waals surface area contributed by atoms with E-state index in [0.717, 1.165) is 0 Å². The Labute approximate surface area is 163 Å². The quantitative estimate of drug-likeness (QED) is 0.566. The van der Waals surface area contributed by atoms with Crippen LogP contribution in [0, 0.1) is 0 Å². The smallest absolute Gasteiger partial charge is 0.311 e. The topological polar surface area (TPSA) is 102 Å². The summed E-state index contributed by atoms with van der Waals surface area (Å²) in [6.45, 7) is 4.32. The second kappa shape index (κ2) is 9.45. The second-order valence-electron chi connectivity index (χ2n) is 6.31. The van der Waals surface area contributed by atoms with Crippen LogP contribution in [0.1, 0.15) is 36.7 Å². The van der Waals surface area contributed by atoms with E-state index in [9.17, 15) is 19.2 Å². The number of hydrogen-bond donors (Lipinski definition) is 2. The van der Waals surface area contributed by atoms with Crippen LogP contribution in [0.5, 0.6) is 0 Å². The average molecular weight is 382 g/mol. The van der Waals surface area contributed by atoms with Crippen molar-refractivity contribution in [1.29, 1.82) is 0 Å². The molecule has 0 unspecified atom stereocenters. The molecule has 0 radical (unpaired) electrons. The summed E-state index contributed by atoms with van der Waals surface area (Å²) in [6.07, 6.45) is -0.996. The van der Waals surface area contributed by atoms with Crippen LogP contribution in [0.2, 0.25) is 0 Å². The van der Waals surface area contributed by atoms with Gasteiger partial charge < -0.3 is 15.4 Å². The molecule has 0 aromatic heterocycles. The molecule has 7 nitrogen and oxygen atoms in total. The van der Waals surface area contributed by atoms with Crippen LogP contribution >= 0.6 is 0 Å². The Balaban J connectivity index is 1.89. The highest BCUT2D eigenvalue weighted by Gasteiger charge is 2.18. The zero-order valence-electron chi connectivity index (χ0n) is 15.9. The van der Waals surface area contributed by atoms with Crippen LogP contribution in [0.3, 0.4) is 0 Å². The van der Waals surface area contributed by atoms with Crippen molar-refractivity contribution < 1.29 is 23.9 Å². The molecule has 0 spiro atoms. The molecule has 0 aliphatic rings. The molecule has 1 atom stereocenters.